The van der Waals surface area contributed by atoms with Gasteiger partial charge in [-0.25, -0.2) is 8.78 Å². The highest BCUT2D eigenvalue weighted by Crippen LogP contribution is 2.40. The minimum Gasteiger partial charge on any atom is -0.207 e. The zero-order chi connectivity index (χ0) is 18.1. The highest BCUT2D eigenvalue weighted by molar-refractivity contribution is 5.80. The quantitative estimate of drug-likeness (QED) is 0.343. The first-order chi connectivity index (χ1) is 12.7. The molecule has 0 aliphatic heterocycles. The van der Waals surface area contributed by atoms with Crippen LogP contribution in [0.4, 0.5) is 8.78 Å². The maximum atomic E-state index is 14.7. The molecule has 0 N–H and O–H groups in total. The first-order valence-corrected chi connectivity index (χ1v) is 9.36. The normalized spacial score (nSPS) is 12.1. The largest absolute Gasteiger partial charge is 0.207 e. The molecule has 0 saturated heterocycles. The molecule has 0 aromatic heterocycles. The van der Waals surface area contributed by atoms with Crippen LogP contribution in [0.25, 0.3) is 22.3 Å². The predicted molar refractivity (Wildman–Crippen MR) is 103 cm³/mol. The van der Waals surface area contributed by atoms with Gasteiger partial charge in [-0.3, -0.25) is 0 Å². The Labute approximate surface area is 153 Å². The Hall–Kier alpha value is -2.48. The molecule has 0 heterocycles. The Kier molecular flexibility index (Phi) is 4.58. The summed E-state index contributed by atoms with van der Waals surface area (Å²) in [5, 5.41) is 0. The number of fused-ring (bicyclic) bond motifs is 3. The molecular weight excluding hydrogens is 326 g/mol. The van der Waals surface area contributed by atoms with Crippen molar-refractivity contribution in [3.63, 3.8) is 0 Å². The molecule has 3 aromatic rings. The Morgan fingerprint density at radius 3 is 2.31 bits per heavy atom. The Bertz CT molecular complexity index is 939. The third-order valence-corrected chi connectivity index (χ3v) is 5.26. The zero-order valence-corrected chi connectivity index (χ0v) is 15.0. The van der Waals surface area contributed by atoms with E-state index in [4.69, 9.17) is 0 Å². The van der Waals surface area contributed by atoms with E-state index in [2.05, 4.69) is 25.1 Å². The second-order valence-corrected chi connectivity index (χ2v) is 7.12. The fourth-order valence-electron chi connectivity index (χ4n) is 3.86. The number of halogens is 2. The number of benzene rings is 3. The van der Waals surface area contributed by atoms with Gasteiger partial charge in [-0.05, 0) is 76.9 Å². The molecule has 1 aliphatic rings. The highest BCUT2D eigenvalue weighted by atomic mass is 19.1. The second kappa shape index (κ2) is 7.03. The van der Waals surface area contributed by atoms with Crippen molar-refractivity contribution in [2.75, 3.05) is 0 Å². The van der Waals surface area contributed by atoms with Gasteiger partial charge in [0.1, 0.15) is 11.6 Å². The zero-order valence-electron chi connectivity index (χ0n) is 15.0. The molecule has 4 rings (SSSR count). The molecule has 0 nitrogen and oxygen atoms in total. The number of rotatable bonds is 5. The lowest BCUT2D eigenvalue weighted by molar-refractivity contribution is 0.625. The van der Waals surface area contributed by atoms with Gasteiger partial charge in [0.05, 0.1) is 0 Å². The van der Waals surface area contributed by atoms with Crippen LogP contribution in [-0.4, -0.2) is 0 Å². The van der Waals surface area contributed by atoms with Crippen LogP contribution >= 0.6 is 0 Å². The van der Waals surface area contributed by atoms with Crippen LogP contribution in [0.5, 0.6) is 0 Å². The van der Waals surface area contributed by atoms with E-state index in [9.17, 15) is 8.78 Å². The molecule has 1 aliphatic carbocycles. The van der Waals surface area contributed by atoms with Gasteiger partial charge in [0.2, 0.25) is 0 Å². The number of hydrogen-bond acceptors (Lipinski definition) is 0. The molecule has 26 heavy (non-hydrogen) atoms. The van der Waals surface area contributed by atoms with Crippen molar-refractivity contribution in [3.8, 4) is 22.3 Å². The van der Waals surface area contributed by atoms with Crippen LogP contribution < -0.4 is 0 Å². The number of hydrogen-bond donors (Lipinski definition) is 0. The van der Waals surface area contributed by atoms with Crippen molar-refractivity contribution in [2.24, 2.45) is 0 Å². The molecule has 0 amide bonds. The second-order valence-electron chi connectivity index (χ2n) is 7.12. The first-order valence-electron chi connectivity index (χ1n) is 9.36. The SMILES string of the molecule is CCCCCc1ccc2c(c1)Cc1cc(-c3ccc(F)cc3)c(F)cc1-2. The van der Waals surface area contributed by atoms with E-state index >= 15 is 0 Å². The lowest BCUT2D eigenvalue weighted by Gasteiger charge is -2.08. The van der Waals surface area contributed by atoms with Crippen LogP contribution in [-0.2, 0) is 12.8 Å². The van der Waals surface area contributed by atoms with Crippen molar-refractivity contribution in [1.29, 1.82) is 0 Å². The summed E-state index contributed by atoms with van der Waals surface area (Å²) in [6.07, 6.45) is 5.63. The Morgan fingerprint density at radius 2 is 1.54 bits per heavy atom. The molecule has 132 valence electrons. The topological polar surface area (TPSA) is 0 Å². The maximum absolute atomic E-state index is 14.7. The van der Waals surface area contributed by atoms with E-state index in [1.165, 1.54) is 42.5 Å². The molecule has 0 fully saturated rings. The van der Waals surface area contributed by atoms with Crippen molar-refractivity contribution in [3.05, 3.63) is 82.9 Å². The average Bonchev–Trinajstić information content (AvgIpc) is 2.99. The number of unbranched alkanes of at least 4 members (excludes halogenated alkanes) is 2. The van der Waals surface area contributed by atoms with Gasteiger partial charge < -0.3 is 0 Å². The van der Waals surface area contributed by atoms with Crippen molar-refractivity contribution in [1.82, 2.24) is 0 Å². The average molecular weight is 348 g/mol. The summed E-state index contributed by atoms with van der Waals surface area (Å²) in [5.74, 6) is -0.562. The summed E-state index contributed by atoms with van der Waals surface area (Å²) in [4.78, 5) is 0. The summed E-state index contributed by atoms with van der Waals surface area (Å²) in [7, 11) is 0. The van der Waals surface area contributed by atoms with E-state index in [1.807, 2.05) is 6.07 Å². The fourth-order valence-corrected chi connectivity index (χ4v) is 3.86. The standard InChI is InChI=1S/C24H22F2/c1-2-3-4-5-16-6-11-21-18(12-16)13-19-14-23(24(26)15-22(19)21)17-7-9-20(25)10-8-17/h6-12,14-15H,2-5,13H2,1H3. The minimum atomic E-state index is -0.307. The Morgan fingerprint density at radius 1 is 0.769 bits per heavy atom. The van der Waals surface area contributed by atoms with Crippen LogP contribution in [0.15, 0.2) is 54.6 Å². The van der Waals surface area contributed by atoms with Gasteiger partial charge in [0.25, 0.3) is 0 Å². The summed E-state index contributed by atoms with van der Waals surface area (Å²) >= 11 is 0. The van der Waals surface area contributed by atoms with E-state index < -0.39 is 0 Å². The molecule has 0 spiro atoms. The van der Waals surface area contributed by atoms with Crippen molar-refractivity contribution in [2.45, 2.75) is 39.0 Å². The lowest BCUT2D eigenvalue weighted by Crippen LogP contribution is -1.89. The third-order valence-electron chi connectivity index (χ3n) is 5.26. The summed E-state index contributed by atoms with van der Waals surface area (Å²) in [6.45, 7) is 2.21. The highest BCUT2D eigenvalue weighted by Gasteiger charge is 2.21. The van der Waals surface area contributed by atoms with Crippen molar-refractivity contribution >= 4 is 0 Å². The summed E-state index contributed by atoms with van der Waals surface area (Å²) < 4.78 is 27.9. The number of aryl methyl sites for hydroxylation is 1. The molecule has 0 unspecified atom stereocenters. The maximum Gasteiger partial charge on any atom is 0.131 e. The molecule has 0 radical (unpaired) electrons. The van der Waals surface area contributed by atoms with E-state index in [0.717, 1.165) is 29.5 Å². The van der Waals surface area contributed by atoms with Gasteiger partial charge in [-0.15, -0.1) is 0 Å². The molecular formula is C24H22F2. The summed E-state index contributed by atoms with van der Waals surface area (Å²) in [5.41, 5.74) is 7.18. The van der Waals surface area contributed by atoms with E-state index in [0.29, 0.717) is 11.1 Å². The first kappa shape index (κ1) is 17.0. The third kappa shape index (κ3) is 3.16. The summed E-state index contributed by atoms with van der Waals surface area (Å²) in [6, 6.07) is 16.2. The molecule has 0 atom stereocenters. The van der Waals surface area contributed by atoms with Gasteiger partial charge in [0, 0.05) is 5.56 Å². The smallest absolute Gasteiger partial charge is 0.131 e. The molecule has 0 saturated carbocycles. The van der Waals surface area contributed by atoms with E-state index in [1.54, 1.807) is 18.2 Å². The van der Waals surface area contributed by atoms with Gasteiger partial charge >= 0.3 is 0 Å². The monoisotopic (exact) mass is 348 g/mol. The fraction of sp³-hybridized carbons (Fsp3) is 0.250. The van der Waals surface area contributed by atoms with E-state index in [-0.39, 0.29) is 11.6 Å². The molecule has 3 aromatic carbocycles. The molecule has 2 heteroatoms. The van der Waals surface area contributed by atoms with Crippen LogP contribution in [0.3, 0.4) is 0 Å². The van der Waals surface area contributed by atoms with Crippen molar-refractivity contribution < 1.29 is 8.78 Å². The van der Waals surface area contributed by atoms with Crippen LogP contribution in [0, 0.1) is 11.6 Å². The minimum absolute atomic E-state index is 0.254. The van der Waals surface area contributed by atoms with Crippen LogP contribution in [0.1, 0.15) is 42.9 Å². The van der Waals surface area contributed by atoms with Gasteiger partial charge in [-0.2, -0.15) is 0 Å². The van der Waals surface area contributed by atoms with Gasteiger partial charge in [0.15, 0.2) is 0 Å². The predicted octanol–water partition coefficient (Wildman–Crippen LogP) is 6.94. The molecule has 0 bridgehead atoms. The van der Waals surface area contributed by atoms with Gasteiger partial charge in [-0.1, -0.05) is 50.1 Å². The Balaban J connectivity index is 1.66. The van der Waals surface area contributed by atoms with Crippen LogP contribution in [0.2, 0.25) is 0 Å². The lowest BCUT2D eigenvalue weighted by atomic mass is 9.98.